The highest BCUT2D eigenvalue weighted by molar-refractivity contribution is 14.1. The number of hydrogen-bond donors (Lipinski definition) is 1. The van der Waals surface area contributed by atoms with E-state index < -0.39 is 0 Å². The van der Waals surface area contributed by atoms with Crippen molar-refractivity contribution >= 4 is 33.9 Å². The fraction of sp³-hybridized carbons (Fsp3) is 0.556. The molecular weight excluding hydrogens is 295 g/mol. The molecule has 1 fully saturated rings. The third-order valence-corrected chi connectivity index (χ3v) is 4.08. The number of thiophene rings is 1. The van der Waals surface area contributed by atoms with Crippen molar-refractivity contribution in [2.45, 2.75) is 6.54 Å². The molecule has 0 bridgehead atoms. The van der Waals surface area contributed by atoms with E-state index in [2.05, 4.69) is 44.3 Å². The zero-order valence-corrected chi connectivity index (χ0v) is 10.4. The van der Waals surface area contributed by atoms with Crippen LogP contribution in [0.3, 0.4) is 0 Å². The quantitative estimate of drug-likeness (QED) is 0.838. The van der Waals surface area contributed by atoms with Gasteiger partial charge in [0.25, 0.3) is 0 Å². The Bertz CT molecular complexity index is 268. The molecule has 2 rings (SSSR count). The predicted octanol–water partition coefficient (Wildman–Crippen LogP) is 1.76. The van der Waals surface area contributed by atoms with Crippen LogP contribution in [0.1, 0.15) is 5.56 Å². The summed E-state index contributed by atoms with van der Waals surface area (Å²) < 4.78 is 1.39. The Morgan fingerprint density at radius 1 is 1.46 bits per heavy atom. The monoisotopic (exact) mass is 308 g/mol. The maximum Gasteiger partial charge on any atom is 0.0656 e. The van der Waals surface area contributed by atoms with E-state index in [0.717, 1.165) is 19.6 Å². The lowest BCUT2D eigenvalue weighted by Gasteiger charge is -2.26. The number of nitrogens with zero attached hydrogens (tertiary/aromatic N) is 1. The number of hydrogen-bond acceptors (Lipinski definition) is 3. The molecule has 13 heavy (non-hydrogen) atoms. The van der Waals surface area contributed by atoms with E-state index in [9.17, 15) is 0 Å². The largest absolute Gasteiger partial charge is 0.314 e. The summed E-state index contributed by atoms with van der Waals surface area (Å²) in [6, 6.07) is 2.28. The number of piperazine rings is 1. The van der Waals surface area contributed by atoms with Crippen molar-refractivity contribution in [2.24, 2.45) is 0 Å². The minimum Gasteiger partial charge on any atom is -0.314 e. The zero-order chi connectivity index (χ0) is 9.10. The molecule has 72 valence electrons. The van der Waals surface area contributed by atoms with Gasteiger partial charge in [-0.2, -0.15) is 0 Å². The fourth-order valence-corrected chi connectivity index (χ4v) is 2.96. The molecule has 1 aliphatic heterocycles. The van der Waals surface area contributed by atoms with E-state index in [0.29, 0.717) is 0 Å². The molecule has 0 amide bonds. The molecule has 2 nitrogen and oxygen atoms in total. The van der Waals surface area contributed by atoms with Crippen LogP contribution in [0, 0.1) is 2.88 Å². The van der Waals surface area contributed by atoms with Gasteiger partial charge in [-0.15, -0.1) is 11.3 Å². The van der Waals surface area contributed by atoms with Gasteiger partial charge in [0.05, 0.1) is 2.88 Å². The SMILES string of the molecule is Ic1cc(CN2CCNCC2)cs1. The van der Waals surface area contributed by atoms with Gasteiger partial charge >= 0.3 is 0 Å². The van der Waals surface area contributed by atoms with Crippen molar-refractivity contribution in [3.8, 4) is 0 Å². The second-order valence-electron chi connectivity index (χ2n) is 3.29. The van der Waals surface area contributed by atoms with E-state index in [1.165, 1.54) is 21.5 Å². The van der Waals surface area contributed by atoms with Crippen LogP contribution < -0.4 is 5.32 Å². The molecule has 1 aromatic rings. The van der Waals surface area contributed by atoms with Gasteiger partial charge < -0.3 is 5.32 Å². The summed E-state index contributed by atoms with van der Waals surface area (Å²) in [5.74, 6) is 0. The highest BCUT2D eigenvalue weighted by Gasteiger charge is 2.10. The van der Waals surface area contributed by atoms with Crippen molar-refractivity contribution in [3.05, 3.63) is 19.9 Å². The standard InChI is InChI=1S/C9H13IN2S/c10-9-5-8(7-13-9)6-12-3-1-11-2-4-12/h5,7,11H,1-4,6H2. The third-order valence-electron chi connectivity index (χ3n) is 2.24. The van der Waals surface area contributed by atoms with Crippen LogP contribution >= 0.6 is 33.9 Å². The fourth-order valence-electron chi connectivity index (χ4n) is 1.56. The predicted molar refractivity (Wildman–Crippen MR) is 65.2 cm³/mol. The Morgan fingerprint density at radius 3 is 2.85 bits per heavy atom. The molecule has 0 aliphatic carbocycles. The number of halogens is 1. The lowest BCUT2D eigenvalue weighted by atomic mass is 10.3. The summed E-state index contributed by atoms with van der Waals surface area (Å²) in [6.45, 7) is 5.78. The van der Waals surface area contributed by atoms with Gasteiger partial charge in [-0.25, -0.2) is 0 Å². The van der Waals surface area contributed by atoms with Gasteiger partial charge in [0, 0.05) is 32.7 Å². The van der Waals surface area contributed by atoms with Gasteiger partial charge in [-0.3, -0.25) is 4.90 Å². The van der Waals surface area contributed by atoms with Crippen LogP contribution in [0.4, 0.5) is 0 Å². The van der Waals surface area contributed by atoms with Crippen LogP contribution in [0.5, 0.6) is 0 Å². The van der Waals surface area contributed by atoms with Crippen LogP contribution in [0.2, 0.25) is 0 Å². The van der Waals surface area contributed by atoms with E-state index in [-0.39, 0.29) is 0 Å². The highest BCUT2D eigenvalue weighted by Crippen LogP contribution is 2.18. The van der Waals surface area contributed by atoms with Crippen LogP contribution in [-0.4, -0.2) is 31.1 Å². The molecule has 1 aromatic heterocycles. The Kier molecular flexibility index (Phi) is 3.59. The van der Waals surface area contributed by atoms with Crippen LogP contribution in [0.15, 0.2) is 11.4 Å². The molecule has 0 aromatic carbocycles. The second kappa shape index (κ2) is 4.72. The van der Waals surface area contributed by atoms with Crippen LogP contribution in [0.25, 0.3) is 0 Å². The summed E-state index contributed by atoms with van der Waals surface area (Å²) >= 11 is 4.22. The highest BCUT2D eigenvalue weighted by atomic mass is 127. The van der Waals surface area contributed by atoms with Gasteiger partial charge in [0.1, 0.15) is 0 Å². The van der Waals surface area contributed by atoms with Crippen LogP contribution in [-0.2, 0) is 6.54 Å². The second-order valence-corrected chi connectivity index (χ2v) is 6.09. The number of nitrogens with one attached hydrogen (secondary N) is 1. The van der Waals surface area contributed by atoms with E-state index in [1.807, 2.05) is 11.3 Å². The van der Waals surface area contributed by atoms with Crippen molar-refractivity contribution in [3.63, 3.8) is 0 Å². The normalized spacial score (nSPS) is 19.2. The topological polar surface area (TPSA) is 15.3 Å². The van der Waals surface area contributed by atoms with E-state index >= 15 is 0 Å². The maximum atomic E-state index is 3.37. The molecule has 1 aliphatic rings. The minimum atomic E-state index is 1.13. The lowest BCUT2D eigenvalue weighted by Crippen LogP contribution is -2.42. The van der Waals surface area contributed by atoms with Gasteiger partial charge in [-0.05, 0) is 39.6 Å². The molecule has 1 saturated heterocycles. The Hall–Kier alpha value is 0.350. The smallest absolute Gasteiger partial charge is 0.0656 e. The maximum absolute atomic E-state index is 3.37. The number of rotatable bonds is 2. The zero-order valence-electron chi connectivity index (χ0n) is 7.42. The first-order valence-corrected chi connectivity index (χ1v) is 6.46. The Labute approximate surface area is 96.5 Å². The van der Waals surface area contributed by atoms with E-state index in [4.69, 9.17) is 0 Å². The molecular formula is C9H13IN2S. The summed E-state index contributed by atoms with van der Waals surface area (Å²) in [7, 11) is 0. The first-order valence-electron chi connectivity index (χ1n) is 4.50. The van der Waals surface area contributed by atoms with Gasteiger partial charge in [-0.1, -0.05) is 0 Å². The van der Waals surface area contributed by atoms with Crippen molar-refractivity contribution in [2.75, 3.05) is 26.2 Å². The lowest BCUT2D eigenvalue weighted by molar-refractivity contribution is 0.233. The molecule has 0 saturated carbocycles. The molecule has 0 radical (unpaired) electrons. The summed E-state index contributed by atoms with van der Waals surface area (Å²) in [6.07, 6.45) is 0. The summed E-state index contributed by atoms with van der Waals surface area (Å²) in [5.41, 5.74) is 1.47. The molecule has 0 atom stereocenters. The van der Waals surface area contributed by atoms with E-state index in [1.54, 1.807) is 0 Å². The molecule has 2 heterocycles. The van der Waals surface area contributed by atoms with Crippen molar-refractivity contribution in [1.29, 1.82) is 0 Å². The van der Waals surface area contributed by atoms with Crippen molar-refractivity contribution < 1.29 is 0 Å². The molecule has 4 heteroatoms. The summed E-state index contributed by atoms with van der Waals surface area (Å²) in [5, 5.41) is 5.63. The average molecular weight is 308 g/mol. The Balaban J connectivity index is 1.89. The first-order chi connectivity index (χ1) is 6.34. The van der Waals surface area contributed by atoms with Gasteiger partial charge in [0.15, 0.2) is 0 Å². The minimum absolute atomic E-state index is 1.13. The summed E-state index contributed by atoms with van der Waals surface area (Å²) in [4.78, 5) is 2.51. The third kappa shape index (κ3) is 2.90. The molecule has 1 N–H and O–H groups in total. The Morgan fingerprint density at radius 2 is 2.23 bits per heavy atom. The van der Waals surface area contributed by atoms with Gasteiger partial charge in [0.2, 0.25) is 0 Å². The average Bonchev–Trinajstić information content (AvgIpc) is 2.53. The van der Waals surface area contributed by atoms with Crippen molar-refractivity contribution in [1.82, 2.24) is 10.2 Å². The molecule has 0 unspecified atom stereocenters. The first kappa shape index (κ1) is 9.89. The molecule has 0 spiro atoms.